The van der Waals surface area contributed by atoms with E-state index < -0.39 is 24.0 Å². The first kappa shape index (κ1) is 18.9. The van der Waals surface area contributed by atoms with Crippen molar-refractivity contribution in [2.45, 2.75) is 76.7 Å². The zero-order valence-electron chi connectivity index (χ0n) is 13.8. The first-order chi connectivity index (χ1) is 10.3. The van der Waals surface area contributed by atoms with Crippen LogP contribution >= 0.6 is 0 Å². The zero-order valence-corrected chi connectivity index (χ0v) is 13.8. The summed E-state index contributed by atoms with van der Waals surface area (Å²) in [5, 5.41) is 10.3. The Bertz CT molecular complexity index is 391. The second kappa shape index (κ2) is 8.46. The van der Waals surface area contributed by atoms with Gasteiger partial charge in [0.15, 0.2) is 5.79 Å². The van der Waals surface area contributed by atoms with Crippen LogP contribution in [0, 0.1) is 0 Å². The minimum absolute atomic E-state index is 0.115. The van der Waals surface area contributed by atoms with E-state index in [0.29, 0.717) is 6.42 Å². The molecule has 126 valence electrons. The normalized spacial score (nSPS) is 26.2. The van der Waals surface area contributed by atoms with E-state index in [0.717, 1.165) is 12.8 Å². The number of allylic oxidation sites excluding steroid dienone is 1. The average Bonchev–Trinajstić information content (AvgIpc) is 2.71. The maximum atomic E-state index is 11.9. The molecule has 5 heteroatoms. The number of hydrogen-bond donors (Lipinski definition) is 1. The lowest BCUT2D eigenvalue weighted by molar-refractivity contribution is -0.163. The Morgan fingerprint density at radius 2 is 2.05 bits per heavy atom. The highest BCUT2D eigenvalue weighted by atomic mass is 16.8. The smallest absolute Gasteiger partial charge is 0.308 e. The van der Waals surface area contributed by atoms with E-state index in [2.05, 4.69) is 13.2 Å². The van der Waals surface area contributed by atoms with Crippen LogP contribution in [0.15, 0.2) is 25.3 Å². The topological polar surface area (TPSA) is 65.0 Å². The molecule has 0 aliphatic carbocycles. The van der Waals surface area contributed by atoms with Gasteiger partial charge in [-0.15, -0.1) is 13.2 Å². The van der Waals surface area contributed by atoms with Gasteiger partial charge in [-0.3, -0.25) is 4.79 Å². The molecule has 0 bridgehead atoms. The Labute approximate surface area is 132 Å². The van der Waals surface area contributed by atoms with E-state index >= 15 is 0 Å². The number of carbonyl (C=O) groups excluding carboxylic acids is 1. The molecular formula is C17H28O5. The molecule has 1 fully saturated rings. The summed E-state index contributed by atoms with van der Waals surface area (Å²) in [5.74, 6) is -1.21. The molecule has 1 aliphatic rings. The van der Waals surface area contributed by atoms with E-state index in [1.807, 2.05) is 6.92 Å². The maximum Gasteiger partial charge on any atom is 0.308 e. The Kier molecular flexibility index (Phi) is 7.26. The van der Waals surface area contributed by atoms with Gasteiger partial charge in [0.1, 0.15) is 6.10 Å². The van der Waals surface area contributed by atoms with Crippen LogP contribution in [0.4, 0.5) is 0 Å². The predicted molar refractivity (Wildman–Crippen MR) is 84.2 cm³/mol. The third-order valence-corrected chi connectivity index (χ3v) is 3.49. The zero-order chi connectivity index (χ0) is 16.8. The summed E-state index contributed by atoms with van der Waals surface area (Å²) in [6.45, 7) is 12.7. The summed E-state index contributed by atoms with van der Waals surface area (Å²) in [6.07, 6.45) is 3.40. The molecule has 1 saturated heterocycles. The second-order valence-corrected chi connectivity index (χ2v) is 6.10. The van der Waals surface area contributed by atoms with Crippen molar-refractivity contribution >= 4 is 5.97 Å². The molecule has 0 saturated carbocycles. The van der Waals surface area contributed by atoms with Crippen LogP contribution in [0.2, 0.25) is 0 Å². The molecule has 0 amide bonds. The standard InChI is InChI=1S/C17H28O5/c1-6-8-10-12(3)20-15(19)11-13(18)16-14(9-7-2)21-17(4,5)22-16/h6-7,12-14,16,18H,1-2,8-11H2,3-5H3/t12-,13?,14+,16+/m1/s1. The van der Waals surface area contributed by atoms with Crippen molar-refractivity contribution in [1.29, 1.82) is 0 Å². The lowest BCUT2D eigenvalue weighted by atomic mass is 10.0. The van der Waals surface area contributed by atoms with Crippen molar-refractivity contribution in [3.05, 3.63) is 25.3 Å². The van der Waals surface area contributed by atoms with Crippen molar-refractivity contribution in [2.24, 2.45) is 0 Å². The molecule has 0 aromatic rings. The van der Waals surface area contributed by atoms with Crippen molar-refractivity contribution < 1.29 is 24.1 Å². The first-order valence-electron chi connectivity index (χ1n) is 7.74. The number of aliphatic hydroxyl groups excluding tert-OH is 1. The lowest BCUT2D eigenvalue weighted by Crippen LogP contribution is -2.37. The molecule has 22 heavy (non-hydrogen) atoms. The Balaban J connectivity index is 2.51. The molecule has 0 aromatic heterocycles. The third-order valence-electron chi connectivity index (χ3n) is 3.49. The van der Waals surface area contributed by atoms with Gasteiger partial charge in [-0.2, -0.15) is 0 Å². The summed E-state index contributed by atoms with van der Waals surface area (Å²) in [5.41, 5.74) is 0. The van der Waals surface area contributed by atoms with Gasteiger partial charge >= 0.3 is 5.97 Å². The summed E-state index contributed by atoms with van der Waals surface area (Å²) in [6, 6.07) is 0. The van der Waals surface area contributed by atoms with Crippen LogP contribution in [0.1, 0.15) is 46.5 Å². The van der Waals surface area contributed by atoms with Crippen LogP contribution in [0.25, 0.3) is 0 Å². The number of ether oxygens (including phenoxy) is 3. The average molecular weight is 312 g/mol. The Morgan fingerprint density at radius 1 is 1.36 bits per heavy atom. The molecule has 0 radical (unpaired) electrons. The van der Waals surface area contributed by atoms with E-state index in [4.69, 9.17) is 14.2 Å². The van der Waals surface area contributed by atoms with Gasteiger partial charge in [0.2, 0.25) is 0 Å². The summed E-state index contributed by atoms with van der Waals surface area (Å²) in [4.78, 5) is 11.9. The summed E-state index contributed by atoms with van der Waals surface area (Å²) >= 11 is 0. The van der Waals surface area contributed by atoms with E-state index in [1.165, 1.54) is 0 Å². The quantitative estimate of drug-likeness (QED) is 0.524. The molecule has 0 aromatic carbocycles. The molecule has 0 spiro atoms. The van der Waals surface area contributed by atoms with Gasteiger partial charge < -0.3 is 19.3 Å². The number of hydrogen-bond acceptors (Lipinski definition) is 5. The van der Waals surface area contributed by atoms with Gasteiger partial charge in [0.25, 0.3) is 0 Å². The molecule has 1 N–H and O–H groups in total. The number of carbonyl (C=O) groups is 1. The SMILES string of the molecule is C=CCC[C@@H](C)OC(=O)CC(O)[C@@H]1OC(C)(C)O[C@H]1CC=C. The van der Waals surface area contributed by atoms with Crippen molar-refractivity contribution in [3.63, 3.8) is 0 Å². The van der Waals surface area contributed by atoms with Gasteiger partial charge in [-0.1, -0.05) is 12.2 Å². The minimum atomic E-state index is -0.967. The van der Waals surface area contributed by atoms with Crippen LogP contribution < -0.4 is 0 Å². The predicted octanol–water partition coefficient (Wildman–Crippen LogP) is 2.73. The number of esters is 1. The highest BCUT2D eigenvalue weighted by molar-refractivity contribution is 5.70. The van der Waals surface area contributed by atoms with E-state index in [-0.39, 0.29) is 18.6 Å². The maximum absolute atomic E-state index is 11.9. The van der Waals surface area contributed by atoms with Crippen molar-refractivity contribution in [2.75, 3.05) is 0 Å². The monoisotopic (exact) mass is 312 g/mol. The van der Waals surface area contributed by atoms with Crippen molar-refractivity contribution in [1.82, 2.24) is 0 Å². The van der Waals surface area contributed by atoms with Gasteiger partial charge in [0.05, 0.1) is 24.7 Å². The van der Waals surface area contributed by atoms with Crippen LogP contribution in [0.5, 0.6) is 0 Å². The van der Waals surface area contributed by atoms with Gasteiger partial charge in [0, 0.05) is 0 Å². The van der Waals surface area contributed by atoms with E-state index in [9.17, 15) is 9.90 Å². The molecule has 1 unspecified atom stereocenters. The fraction of sp³-hybridized carbons (Fsp3) is 0.706. The highest BCUT2D eigenvalue weighted by Crippen LogP contribution is 2.32. The number of aliphatic hydroxyl groups is 1. The molecule has 1 rings (SSSR count). The van der Waals surface area contributed by atoms with Crippen molar-refractivity contribution in [3.8, 4) is 0 Å². The van der Waals surface area contributed by atoms with Gasteiger partial charge in [-0.05, 0) is 40.0 Å². The molecular weight excluding hydrogens is 284 g/mol. The Morgan fingerprint density at radius 3 is 2.64 bits per heavy atom. The molecule has 5 nitrogen and oxygen atoms in total. The largest absolute Gasteiger partial charge is 0.463 e. The molecule has 1 aliphatic heterocycles. The minimum Gasteiger partial charge on any atom is -0.463 e. The van der Waals surface area contributed by atoms with Gasteiger partial charge in [-0.25, -0.2) is 0 Å². The van der Waals surface area contributed by atoms with Crippen LogP contribution in [-0.4, -0.2) is 41.3 Å². The van der Waals surface area contributed by atoms with E-state index in [1.54, 1.807) is 26.0 Å². The second-order valence-electron chi connectivity index (χ2n) is 6.10. The highest BCUT2D eigenvalue weighted by Gasteiger charge is 2.44. The molecule has 4 atom stereocenters. The summed E-state index contributed by atoms with van der Waals surface area (Å²) < 4.78 is 16.7. The molecule has 1 heterocycles. The first-order valence-corrected chi connectivity index (χ1v) is 7.74. The van der Waals surface area contributed by atoms with Crippen LogP contribution in [-0.2, 0) is 19.0 Å². The summed E-state index contributed by atoms with van der Waals surface area (Å²) in [7, 11) is 0. The third kappa shape index (κ3) is 5.91. The fourth-order valence-electron chi connectivity index (χ4n) is 2.51. The fourth-order valence-corrected chi connectivity index (χ4v) is 2.51. The number of rotatable bonds is 9. The lowest BCUT2D eigenvalue weighted by Gasteiger charge is -2.22. The Hall–Kier alpha value is -1.17. The van der Waals surface area contributed by atoms with Crippen LogP contribution in [0.3, 0.4) is 0 Å².